The summed E-state index contributed by atoms with van der Waals surface area (Å²) in [4.78, 5) is 0. The first-order chi connectivity index (χ1) is 8.13. The van der Waals surface area contributed by atoms with E-state index in [1.807, 2.05) is 0 Å². The van der Waals surface area contributed by atoms with Crippen molar-refractivity contribution in [3.63, 3.8) is 0 Å². The molecule has 2 nitrogen and oxygen atoms in total. The quantitative estimate of drug-likeness (QED) is 0.764. The lowest BCUT2D eigenvalue weighted by Crippen LogP contribution is -2.24. The molecule has 0 saturated heterocycles. The normalized spacial score (nSPS) is 12.7. The minimum Gasteiger partial charge on any atom is -0.381 e. The average molecular weight is 260 g/mol. The van der Waals surface area contributed by atoms with E-state index in [1.54, 1.807) is 12.1 Å². The standard InChI is InChI=1S/C13H19ClFNO/c1-2-6-17-7-5-11(16)8-10-3-4-13(15)12(14)9-10/h3-4,9,11H,2,5-8,16H2,1H3. The Morgan fingerprint density at radius 2 is 2.18 bits per heavy atom. The number of nitrogens with two attached hydrogens (primary N) is 1. The van der Waals surface area contributed by atoms with Gasteiger partial charge in [-0.2, -0.15) is 0 Å². The van der Waals surface area contributed by atoms with Gasteiger partial charge in [0, 0.05) is 19.3 Å². The average Bonchev–Trinajstić information content (AvgIpc) is 2.30. The fraction of sp³-hybridized carbons (Fsp3) is 0.538. The van der Waals surface area contributed by atoms with Crippen molar-refractivity contribution >= 4 is 11.6 Å². The summed E-state index contributed by atoms with van der Waals surface area (Å²) in [6, 6.07) is 4.74. The summed E-state index contributed by atoms with van der Waals surface area (Å²) in [5.74, 6) is -0.393. The highest BCUT2D eigenvalue weighted by atomic mass is 35.5. The van der Waals surface area contributed by atoms with Gasteiger partial charge in [-0.3, -0.25) is 0 Å². The zero-order valence-electron chi connectivity index (χ0n) is 10.1. The van der Waals surface area contributed by atoms with Gasteiger partial charge in [-0.25, -0.2) is 4.39 Å². The van der Waals surface area contributed by atoms with Crippen molar-refractivity contribution in [1.29, 1.82) is 0 Å². The summed E-state index contributed by atoms with van der Waals surface area (Å²) in [6.07, 6.45) is 2.51. The van der Waals surface area contributed by atoms with Gasteiger partial charge in [0.1, 0.15) is 5.82 Å². The number of rotatable bonds is 7. The summed E-state index contributed by atoms with van der Waals surface area (Å²) in [6.45, 7) is 3.51. The molecular weight excluding hydrogens is 241 g/mol. The van der Waals surface area contributed by atoms with Crippen LogP contribution in [0.15, 0.2) is 18.2 Å². The second-order valence-corrected chi connectivity index (χ2v) is 4.52. The molecule has 0 bridgehead atoms. The van der Waals surface area contributed by atoms with Crippen LogP contribution in [0.4, 0.5) is 4.39 Å². The van der Waals surface area contributed by atoms with Gasteiger partial charge in [-0.05, 0) is 37.0 Å². The fourth-order valence-corrected chi connectivity index (χ4v) is 1.76. The Morgan fingerprint density at radius 1 is 1.41 bits per heavy atom. The van der Waals surface area contributed by atoms with Gasteiger partial charge in [0.15, 0.2) is 0 Å². The first-order valence-corrected chi connectivity index (χ1v) is 6.28. The van der Waals surface area contributed by atoms with Crippen molar-refractivity contribution in [3.05, 3.63) is 34.6 Å². The van der Waals surface area contributed by atoms with Crippen LogP contribution in [0.5, 0.6) is 0 Å². The Balaban J connectivity index is 2.34. The van der Waals surface area contributed by atoms with E-state index in [0.29, 0.717) is 13.0 Å². The number of ether oxygens (including phenoxy) is 1. The molecule has 0 radical (unpaired) electrons. The lowest BCUT2D eigenvalue weighted by atomic mass is 10.0. The molecule has 17 heavy (non-hydrogen) atoms. The SMILES string of the molecule is CCCOCCC(N)Cc1ccc(F)c(Cl)c1. The Labute approximate surface area is 107 Å². The summed E-state index contributed by atoms with van der Waals surface area (Å²) >= 11 is 5.70. The lowest BCUT2D eigenvalue weighted by molar-refractivity contribution is 0.127. The van der Waals surface area contributed by atoms with Gasteiger partial charge in [0.2, 0.25) is 0 Å². The van der Waals surface area contributed by atoms with Gasteiger partial charge in [0.25, 0.3) is 0 Å². The topological polar surface area (TPSA) is 35.2 Å². The second kappa shape index (κ2) is 7.64. The molecule has 1 rings (SSSR count). The third kappa shape index (κ3) is 5.48. The van der Waals surface area contributed by atoms with E-state index >= 15 is 0 Å². The number of hydrogen-bond donors (Lipinski definition) is 1. The number of halogens is 2. The molecule has 1 unspecified atom stereocenters. The molecular formula is C13H19ClFNO. The lowest BCUT2D eigenvalue weighted by Gasteiger charge is -2.12. The van der Waals surface area contributed by atoms with E-state index in [0.717, 1.165) is 25.0 Å². The molecule has 96 valence electrons. The van der Waals surface area contributed by atoms with Crippen LogP contribution in [0.1, 0.15) is 25.3 Å². The van der Waals surface area contributed by atoms with Crippen molar-refractivity contribution in [3.8, 4) is 0 Å². The molecule has 0 aliphatic carbocycles. The van der Waals surface area contributed by atoms with E-state index in [9.17, 15) is 4.39 Å². The van der Waals surface area contributed by atoms with Crippen LogP contribution in [0.3, 0.4) is 0 Å². The highest BCUT2D eigenvalue weighted by molar-refractivity contribution is 6.30. The van der Waals surface area contributed by atoms with Crippen LogP contribution >= 0.6 is 11.6 Å². The first-order valence-electron chi connectivity index (χ1n) is 5.90. The van der Waals surface area contributed by atoms with Gasteiger partial charge in [-0.15, -0.1) is 0 Å². The van der Waals surface area contributed by atoms with Crippen molar-refractivity contribution in [1.82, 2.24) is 0 Å². The highest BCUT2D eigenvalue weighted by Crippen LogP contribution is 2.17. The van der Waals surface area contributed by atoms with Gasteiger partial charge in [0.05, 0.1) is 5.02 Å². The molecule has 1 aromatic carbocycles. The predicted molar refractivity (Wildman–Crippen MR) is 68.8 cm³/mol. The third-order valence-corrected chi connectivity index (χ3v) is 2.75. The molecule has 0 aliphatic heterocycles. The fourth-order valence-electron chi connectivity index (χ4n) is 1.55. The Bertz CT molecular complexity index is 346. The maximum absolute atomic E-state index is 12.9. The van der Waals surface area contributed by atoms with Crippen LogP contribution in [-0.4, -0.2) is 19.3 Å². The third-order valence-electron chi connectivity index (χ3n) is 2.46. The van der Waals surface area contributed by atoms with Crippen molar-refractivity contribution in [2.45, 2.75) is 32.2 Å². The predicted octanol–water partition coefficient (Wildman–Crippen LogP) is 3.17. The summed E-state index contributed by atoms with van der Waals surface area (Å²) in [7, 11) is 0. The van der Waals surface area contributed by atoms with Crippen LogP contribution in [0, 0.1) is 5.82 Å². The Morgan fingerprint density at radius 3 is 2.82 bits per heavy atom. The van der Waals surface area contributed by atoms with Crippen molar-refractivity contribution < 1.29 is 9.13 Å². The monoisotopic (exact) mass is 259 g/mol. The number of benzene rings is 1. The maximum atomic E-state index is 12.9. The van der Waals surface area contributed by atoms with Crippen LogP contribution in [0.2, 0.25) is 5.02 Å². The van der Waals surface area contributed by atoms with Crippen LogP contribution in [0.25, 0.3) is 0 Å². The van der Waals surface area contributed by atoms with Gasteiger partial charge < -0.3 is 10.5 Å². The maximum Gasteiger partial charge on any atom is 0.141 e. The molecule has 0 aromatic heterocycles. The Kier molecular flexibility index (Phi) is 6.48. The molecule has 1 aromatic rings. The van der Waals surface area contributed by atoms with Crippen molar-refractivity contribution in [2.75, 3.05) is 13.2 Å². The summed E-state index contributed by atoms with van der Waals surface area (Å²) < 4.78 is 18.3. The smallest absolute Gasteiger partial charge is 0.141 e. The van der Waals surface area contributed by atoms with E-state index in [4.69, 9.17) is 22.1 Å². The molecule has 4 heteroatoms. The second-order valence-electron chi connectivity index (χ2n) is 4.11. The molecule has 0 saturated carbocycles. The van der Waals surface area contributed by atoms with Gasteiger partial charge in [-0.1, -0.05) is 24.6 Å². The van der Waals surface area contributed by atoms with E-state index in [-0.39, 0.29) is 11.1 Å². The molecule has 1 atom stereocenters. The molecule has 0 spiro atoms. The van der Waals surface area contributed by atoms with E-state index in [2.05, 4.69) is 6.92 Å². The largest absolute Gasteiger partial charge is 0.381 e. The molecule has 0 aliphatic rings. The zero-order valence-corrected chi connectivity index (χ0v) is 10.8. The van der Waals surface area contributed by atoms with Crippen LogP contribution < -0.4 is 5.73 Å². The van der Waals surface area contributed by atoms with E-state index in [1.165, 1.54) is 6.07 Å². The minimum atomic E-state index is -0.393. The van der Waals surface area contributed by atoms with E-state index < -0.39 is 5.82 Å². The van der Waals surface area contributed by atoms with Crippen LogP contribution in [-0.2, 0) is 11.2 Å². The molecule has 0 heterocycles. The minimum absolute atomic E-state index is 0.0217. The Hall–Kier alpha value is -0.640. The zero-order chi connectivity index (χ0) is 12.7. The van der Waals surface area contributed by atoms with Gasteiger partial charge >= 0.3 is 0 Å². The summed E-state index contributed by atoms with van der Waals surface area (Å²) in [5.41, 5.74) is 6.92. The first kappa shape index (κ1) is 14.4. The summed E-state index contributed by atoms with van der Waals surface area (Å²) in [5, 5.41) is 0.150. The molecule has 0 amide bonds. The number of hydrogen-bond acceptors (Lipinski definition) is 2. The van der Waals surface area contributed by atoms with Crippen molar-refractivity contribution in [2.24, 2.45) is 5.73 Å². The highest BCUT2D eigenvalue weighted by Gasteiger charge is 2.06. The molecule has 0 fully saturated rings. The molecule has 2 N–H and O–H groups in total.